The Morgan fingerprint density at radius 1 is 1.06 bits per heavy atom. The molecule has 0 spiro atoms. The molecular formula is C25H30FN7O. The SMILES string of the molecule is CN1CCC[C@H]1COc1nc2c(c(N3CCn4cncc4C3)n1)CCN(c1ccccc1F)C2. The maximum Gasteiger partial charge on any atom is 0.318 e. The van der Waals surface area contributed by atoms with Crippen molar-refractivity contribution in [2.45, 2.75) is 44.9 Å². The summed E-state index contributed by atoms with van der Waals surface area (Å²) in [5, 5.41) is 0. The third kappa shape index (κ3) is 3.98. The lowest BCUT2D eigenvalue weighted by Crippen LogP contribution is -2.38. The normalized spacial score (nSPS) is 20.4. The van der Waals surface area contributed by atoms with Crippen LogP contribution in [0.2, 0.25) is 0 Å². The highest BCUT2D eigenvalue weighted by atomic mass is 19.1. The summed E-state index contributed by atoms with van der Waals surface area (Å²) in [4.78, 5) is 20.8. The highest BCUT2D eigenvalue weighted by molar-refractivity contribution is 5.56. The van der Waals surface area contributed by atoms with Crippen LogP contribution in [-0.2, 0) is 26.1 Å². The first-order valence-corrected chi connectivity index (χ1v) is 12.1. The summed E-state index contributed by atoms with van der Waals surface area (Å²) in [7, 11) is 2.14. The lowest BCUT2D eigenvalue weighted by molar-refractivity contribution is 0.187. The number of ether oxygens (including phenoxy) is 1. The van der Waals surface area contributed by atoms with Gasteiger partial charge in [0.25, 0.3) is 0 Å². The molecule has 1 aromatic carbocycles. The summed E-state index contributed by atoms with van der Waals surface area (Å²) in [6.07, 6.45) is 6.90. The van der Waals surface area contributed by atoms with Gasteiger partial charge >= 0.3 is 6.01 Å². The molecule has 6 rings (SSSR count). The molecule has 0 unspecified atom stereocenters. The van der Waals surface area contributed by atoms with Gasteiger partial charge in [-0.15, -0.1) is 0 Å². The quantitative estimate of drug-likeness (QED) is 0.577. The number of nitrogens with zero attached hydrogens (tertiary/aromatic N) is 7. The van der Waals surface area contributed by atoms with Crippen molar-refractivity contribution < 1.29 is 9.13 Å². The number of likely N-dealkylation sites (tertiary alicyclic amines) is 1. The van der Waals surface area contributed by atoms with Crippen LogP contribution in [0, 0.1) is 5.82 Å². The van der Waals surface area contributed by atoms with Crippen LogP contribution in [0.4, 0.5) is 15.9 Å². The molecule has 0 N–H and O–H groups in total. The number of hydrogen-bond acceptors (Lipinski definition) is 7. The van der Waals surface area contributed by atoms with Gasteiger partial charge < -0.3 is 24.0 Å². The topological polar surface area (TPSA) is 62.6 Å². The summed E-state index contributed by atoms with van der Waals surface area (Å²) in [5.41, 5.74) is 3.86. The van der Waals surface area contributed by atoms with E-state index in [0.717, 1.165) is 62.6 Å². The van der Waals surface area contributed by atoms with E-state index in [2.05, 4.69) is 31.3 Å². The Morgan fingerprint density at radius 2 is 1.97 bits per heavy atom. The van der Waals surface area contributed by atoms with Crippen LogP contribution in [0.3, 0.4) is 0 Å². The molecule has 3 aliphatic rings. The van der Waals surface area contributed by atoms with Gasteiger partial charge in [-0.05, 0) is 45.0 Å². The van der Waals surface area contributed by atoms with E-state index in [-0.39, 0.29) is 5.82 Å². The van der Waals surface area contributed by atoms with Crippen molar-refractivity contribution in [1.29, 1.82) is 0 Å². The number of aromatic nitrogens is 4. The molecular weight excluding hydrogens is 433 g/mol. The number of para-hydroxylation sites is 1. The number of fused-ring (bicyclic) bond motifs is 2. The van der Waals surface area contributed by atoms with Crippen LogP contribution in [-0.4, -0.2) is 63.7 Å². The zero-order valence-corrected chi connectivity index (χ0v) is 19.5. The molecule has 2 aromatic heterocycles. The summed E-state index contributed by atoms with van der Waals surface area (Å²) >= 11 is 0. The lowest BCUT2D eigenvalue weighted by Gasteiger charge is -2.35. The Hall–Kier alpha value is -3.20. The average Bonchev–Trinajstić information content (AvgIpc) is 3.50. The zero-order valence-electron chi connectivity index (χ0n) is 19.5. The maximum atomic E-state index is 14.5. The molecule has 0 bridgehead atoms. The lowest BCUT2D eigenvalue weighted by atomic mass is 10.0. The highest BCUT2D eigenvalue weighted by Crippen LogP contribution is 2.33. The van der Waals surface area contributed by atoms with E-state index in [1.165, 1.54) is 18.2 Å². The second-order valence-electron chi connectivity index (χ2n) is 9.47. The summed E-state index contributed by atoms with van der Waals surface area (Å²) < 4.78 is 22.9. The van der Waals surface area contributed by atoms with E-state index in [9.17, 15) is 4.39 Å². The molecule has 5 heterocycles. The molecule has 178 valence electrons. The Labute approximate surface area is 199 Å². The maximum absolute atomic E-state index is 14.5. The van der Waals surface area contributed by atoms with Gasteiger partial charge in [-0.25, -0.2) is 9.37 Å². The third-order valence-corrected chi connectivity index (χ3v) is 7.35. The van der Waals surface area contributed by atoms with E-state index in [1.54, 1.807) is 6.07 Å². The van der Waals surface area contributed by atoms with Crippen molar-refractivity contribution in [2.75, 3.05) is 43.1 Å². The fraction of sp³-hybridized carbons (Fsp3) is 0.480. The fourth-order valence-electron chi connectivity index (χ4n) is 5.35. The molecule has 3 aliphatic heterocycles. The first-order chi connectivity index (χ1) is 16.7. The van der Waals surface area contributed by atoms with E-state index in [1.807, 2.05) is 24.7 Å². The van der Waals surface area contributed by atoms with Crippen LogP contribution in [0.1, 0.15) is 29.8 Å². The van der Waals surface area contributed by atoms with Crippen LogP contribution < -0.4 is 14.5 Å². The molecule has 0 amide bonds. The second-order valence-corrected chi connectivity index (χ2v) is 9.47. The van der Waals surface area contributed by atoms with Crippen LogP contribution in [0.15, 0.2) is 36.8 Å². The molecule has 8 nitrogen and oxygen atoms in total. The molecule has 9 heteroatoms. The number of hydrogen-bond donors (Lipinski definition) is 0. The van der Waals surface area contributed by atoms with Crippen molar-refractivity contribution in [3.05, 3.63) is 59.6 Å². The van der Waals surface area contributed by atoms with Gasteiger partial charge in [0, 0.05) is 37.4 Å². The summed E-state index contributed by atoms with van der Waals surface area (Å²) in [6, 6.07) is 7.76. The Kier molecular flexibility index (Phi) is 5.57. The van der Waals surface area contributed by atoms with Gasteiger partial charge in [-0.1, -0.05) is 12.1 Å². The molecule has 0 aliphatic carbocycles. The number of anilines is 2. The molecule has 0 radical (unpaired) electrons. The summed E-state index contributed by atoms with van der Waals surface area (Å²) in [6.45, 7) is 5.43. The van der Waals surface area contributed by atoms with E-state index in [0.29, 0.717) is 30.9 Å². The highest BCUT2D eigenvalue weighted by Gasteiger charge is 2.29. The first kappa shape index (κ1) is 21.3. The Bertz CT molecular complexity index is 1180. The smallest absolute Gasteiger partial charge is 0.318 e. The number of imidazole rings is 1. The van der Waals surface area contributed by atoms with Crippen LogP contribution in [0.5, 0.6) is 6.01 Å². The zero-order chi connectivity index (χ0) is 23.1. The van der Waals surface area contributed by atoms with E-state index >= 15 is 0 Å². The monoisotopic (exact) mass is 463 g/mol. The molecule has 1 saturated heterocycles. The first-order valence-electron chi connectivity index (χ1n) is 12.1. The number of halogens is 1. The van der Waals surface area contributed by atoms with Gasteiger partial charge in [0.15, 0.2) is 0 Å². The van der Waals surface area contributed by atoms with Crippen LogP contribution >= 0.6 is 0 Å². The van der Waals surface area contributed by atoms with E-state index < -0.39 is 0 Å². The van der Waals surface area contributed by atoms with Crippen molar-refractivity contribution in [1.82, 2.24) is 24.4 Å². The average molecular weight is 464 g/mol. The minimum atomic E-state index is -0.203. The molecule has 3 aromatic rings. The largest absolute Gasteiger partial charge is 0.462 e. The van der Waals surface area contributed by atoms with Gasteiger partial charge in [-0.2, -0.15) is 9.97 Å². The molecule has 1 fully saturated rings. The minimum absolute atomic E-state index is 0.203. The predicted molar refractivity (Wildman–Crippen MR) is 128 cm³/mol. The predicted octanol–water partition coefficient (Wildman–Crippen LogP) is 2.87. The summed E-state index contributed by atoms with van der Waals surface area (Å²) in [5.74, 6) is 0.741. The molecule has 1 atom stereocenters. The number of likely N-dealkylation sites (N-methyl/N-ethyl adjacent to an activating group) is 1. The van der Waals surface area contributed by atoms with Gasteiger partial charge in [-0.3, -0.25) is 0 Å². The van der Waals surface area contributed by atoms with Crippen molar-refractivity contribution in [2.24, 2.45) is 0 Å². The third-order valence-electron chi connectivity index (χ3n) is 7.35. The van der Waals surface area contributed by atoms with Gasteiger partial charge in [0.2, 0.25) is 0 Å². The number of benzene rings is 1. The number of rotatable bonds is 5. The fourth-order valence-corrected chi connectivity index (χ4v) is 5.35. The molecule has 0 saturated carbocycles. The van der Waals surface area contributed by atoms with Crippen molar-refractivity contribution in [3.63, 3.8) is 0 Å². The standard InChI is InChI=1S/C25H30FN7O/c1-30-9-4-5-18(30)16-34-25-28-22-15-31(23-7-3-2-6-21(23)26)10-8-20(22)24(29-25)32-11-12-33-17-27-13-19(33)14-32/h2-3,6-7,13,17-18H,4-5,8-12,14-16H2,1H3/t18-/m0/s1. The van der Waals surface area contributed by atoms with Crippen LogP contribution in [0.25, 0.3) is 0 Å². The second kappa shape index (κ2) is 8.87. The van der Waals surface area contributed by atoms with Gasteiger partial charge in [0.05, 0.1) is 36.5 Å². The van der Waals surface area contributed by atoms with Crippen molar-refractivity contribution in [3.8, 4) is 6.01 Å². The van der Waals surface area contributed by atoms with E-state index in [4.69, 9.17) is 14.7 Å². The van der Waals surface area contributed by atoms with Crippen molar-refractivity contribution >= 4 is 11.5 Å². The molecule has 34 heavy (non-hydrogen) atoms. The minimum Gasteiger partial charge on any atom is -0.462 e. The Morgan fingerprint density at radius 3 is 2.82 bits per heavy atom. The van der Waals surface area contributed by atoms with Gasteiger partial charge in [0.1, 0.15) is 18.2 Å². The Balaban J connectivity index is 1.32.